The number of carbonyl (C=O) groups excluding carboxylic acids is 1. The summed E-state index contributed by atoms with van der Waals surface area (Å²) in [6.07, 6.45) is 17.7. The quantitative estimate of drug-likeness (QED) is 0.590. The van der Waals surface area contributed by atoms with Gasteiger partial charge in [0.25, 0.3) is 0 Å². The lowest BCUT2D eigenvalue weighted by Gasteiger charge is -2.01. The van der Waals surface area contributed by atoms with Crippen molar-refractivity contribution in [3.63, 3.8) is 0 Å². The standard InChI is InChI=1S/C15H22O/c1-14-11-9-7-5-3-2-4-6-8-10-12-15(16)13-14/h2-4,6,13H,5,7-12H2,1H3. The van der Waals surface area contributed by atoms with Gasteiger partial charge in [-0.25, -0.2) is 0 Å². The van der Waals surface area contributed by atoms with Crippen LogP contribution in [0.2, 0.25) is 0 Å². The van der Waals surface area contributed by atoms with Crippen LogP contribution >= 0.6 is 0 Å². The SMILES string of the molecule is CC1=CC(=O)CCCC=CC=CCCCC1. The van der Waals surface area contributed by atoms with E-state index >= 15 is 0 Å². The molecule has 1 heteroatoms. The van der Waals surface area contributed by atoms with Crippen LogP contribution in [0.1, 0.15) is 51.9 Å². The number of ketones is 1. The summed E-state index contributed by atoms with van der Waals surface area (Å²) < 4.78 is 0. The number of rotatable bonds is 0. The smallest absolute Gasteiger partial charge is 0.155 e. The molecule has 0 unspecified atom stereocenters. The molecule has 1 nitrogen and oxygen atoms in total. The van der Waals surface area contributed by atoms with E-state index in [1.165, 1.54) is 18.4 Å². The Bertz CT molecular complexity index is 295. The average molecular weight is 218 g/mol. The minimum atomic E-state index is 0.290. The van der Waals surface area contributed by atoms with Crippen molar-refractivity contribution in [1.29, 1.82) is 0 Å². The van der Waals surface area contributed by atoms with Gasteiger partial charge in [-0.15, -0.1) is 0 Å². The first-order chi connectivity index (χ1) is 7.79. The highest BCUT2D eigenvalue weighted by molar-refractivity contribution is 5.90. The maximum absolute atomic E-state index is 11.5. The maximum atomic E-state index is 11.5. The number of hydrogen-bond acceptors (Lipinski definition) is 1. The molecular formula is C15H22O. The van der Waals surface area contributed by atoms with Crippen molar-refractivity contribution in [3.8, 4) is 0 Å². The highest BCUT2D eigenvalue weighted by Gasteiger charge is 1.99. The van der Waals surface area contributed by atoms with Crippen molar-refractivity contribution in [1.82, 2.24) is 0 Å². The molecule has 0 amide bonds. The predicted molar refractivity (Wildman–Crippen MR) is 69.4 cm³/mol. The van der Waals surface area contributed by atoms with Crippen LogP contribution < -0.4 is 0 Å². The van der Waals surface area contributed by atoms with E-state index in [9.17, 15) is 4.79 Å². The van der Waals surface area contributed by atoms with Gasteiger partial charge in [-0.05, 0) is 51.5 Å². The highest BCUT2D eigenvalue weighted by Crippen LogP contribution is 2.10. The van der Waals surface area contributed by atoms with Gasteiger partial charge in [0.1, 0.15) is 0 Å². The molecule has 88 valence electrons. The minimum absolute atomic E-state index is 0.290. The third-order valence-corrected chi connectivity index (χ3v) is 2.78. The van der Waals surface area contributed by atoms with Gasteiger partial charge in [0.15, 0.2) is 5.78 Å². The van der Waals surface area contributed by atoms with Crippen LogP contribution in [0.25, 0.3) is 0 Å². The van der Waals surface area contributed by atoms with Gasteiger partial charge < -0.3 is 0 Å². The fraction of sp³-hybridized carbons (Fsp3) is 0.533. The van der Waals surface area contributed by atoms with Crippen LogP contribution in [0.4, 0.5) is 0 Å². The summed E-state index contributed by atoms with van der Waals surface area (Å²) in [5.74, 6) is 0.290. The summed E-state index contributed by atoms with van der Waals surface area (Å²) in [6, 6.07) is 0. The van der Waals surface area contributed by atoms with Gasteiger partial charge in [0.2, 0.25) is 0 Å². The predicted octanol–water partition coefficient (Wildman–Crippen LogP) is 4.36. The molecule has 16 heavy (non-hydrogen) atoms. The Kier molecular flexibility index (Phi) is 6.55. The largest absolute Gasteiger partial charge is 0.295 e. The molecule has 1 aliphatic rings. The van der Waals surface area contributed by atoms with Crippen LogP contribution in [0.5, 0.6) is 0 Å². The zero-order chi connectivity index (χ0) is 11.6. The lowest BCUT2D eigenvalue weighted by Crippen LogP contribution is -1.94. The molecule has 0 atom stereocenters. The normalized spacial score (nSPS) is 20.3. The zero-order valence-electron chi connectivity index (χ0n) is 10.2. The summed E-state index contributed by atoms with van der Waals surface area (Å²) in [4.78, 5) is 11.5. The van der Waals surface area contributed by atoms with E-state index in [2.05, 4.69) is 31.2 Å². The maximum Gasteiger partial charge on any atom is 0.155 e. The van der Waals surface area contributed by atoms with Crippen molar-refractivity contribution < 1.29 is 4.79 Å². The summed E-state index contributed by atoms with van der Waals surface area (Å²) in [7, 11) is 0. The Balaban J connectivity index is 2.49. The first kappa shape index (κ1) is 13.0. The molecule has 0 saturated carbocycles. The third kappa shape index (κ3) is 6.39. The van der Waals surface area contributed by atoms with Crippen molar-refractivity contribution >= 4 is 5.78 Å². The number of hydrogen-bond donors (Lipinski definition) is 0. The number of carbonyl (C=O) groups is 1. The van der Waals surface area contributed by atoms with Gasteiger partial charge in [-0.1, -0.05) is 29.9 Å². The first-order valence-electron chi connectivity index (χ1n) is 6.31. The number of allylic oxidation sites excluding steroid dienone is 6. The molecule has 1 aliphatic carbocycles. The van der Waals surface area contributed by atoms with Crippen LogP contribution in [-0.2, 0) is 4.79 Å². The second-order valence-corrected chi connectivity index (χ2v) is 4.45. The van der Waals surface area contributed by atoms with Gasteiger partial charge in [0, 0.05) is 6.42 Å². The Morgan fingerprint density at radius 1 is 0.938 bits per heavy atom. The van der Waals surface area contributed by atoms with Gasteiger partial charge >= 0.3 is 0 Å². The molecule has 0 fully saturated rings. The molecular weight excluding hydrogens is 196 g/mol. The summed E-state index contributed by atoms with van der Waals surface area (Å²) in [5, 5.41) is 0. The average Bonchev–Trinajstić information content (AvgIpc) is 2.25. The molecule has 0 aromatic carbocycles. The van der Waals surface area contributed by atoms with Crippen molar-refractivity contribution in [2.24, 2.45) is 0 Å². The molecule has 0 aromatic rings. The first-order valence-corrected chi connectivity index (χ1v) is 6.31. The fourth-order valence-corrected chi connectivity index (χ4v) is 1.83. The van der Waals surface area contributed by atoms with E-state index in [0.29, 0.717) is 12.2 Å². The van der Waals surface area contributed by atoms with Crippen LogP contribution in [-0.4, -0.2) is 5.78 Å². The lowest BCUT2D eigenvalue weighted by atomic mass is 10.0. The Morgan fingerprint density at radius 3 is 2.38 bits per heavy atom. The molecule has 0 saturated heterocycles. The molecule has 0 heterocycles. The fourth-order valence-electron chi connectivity index (χ4n) is 1.83. The topological polar surface area (TPSA) is 17.1 Å². The Labute approximate surface area is 98.9 Å². The van der Waals surface area contributed by atoms with E-state index in [0.717, 1.165) is 25.7 Å². The summed E-state index contributed by atoms with van der Waals surface area (Å²) >= 11 is 0. The second-order valence-electron chi connectivity index (χ2n) is 4.45. The molecule has 0 aliphatic heterocycles. The lowest BCUT2D eigenvalue weighted by molar-refractivity contribution is -0.114. The highest BCUT2D eigenvalue weighted by atomic mass is 16.1. The van der Waals surface area contributed by atoms with Crippen molar-refractivity contribution in [2.75, 3.05) is 0 Å². The molecule has 1 rings (SSSR count). The second kappa shape index (κ2) is 8.09. The Morgan fingerprint density at radius 2 is 1.62 bits per heavy atom. The molecule has 0 bridgehead atoms. The zero-order valence-corrected chi connectivity index (χ0v) is 10.2. The van der Waals surface area contributed by atoms with E-state index in [1.807, 2.05) is 6.08 Å². The van der Waals surface area contributed by atoms with Crippen molar-refractivity contribution in [2.45, 2.75) is 51.9 Å². The van der Waals surface area contributed by atoms with E-state index in [1.54, 1.807) is 0 Å². The summed E-state index contributed by atoms with van der Waals surface area (Å²) in [5.41, 5.74) is 1.24. The van der Waals surface area contributed by atoms with E-state index in [4.69, 9.17) is 0 Å². The van der Waals surface area contributed by atoms with Crippen LogP contribution in [0.15, 0.2) is 36.0 Å². The van der Waals surface area contributed by atoms with Gasteiger partial charge in [0.05, 0.1) is 0 Å². The monoisotopic (exact) mass is 218 g/mol. The summed E-state index contributed by atoms with van der Waals surface area (Å²) in [6.45, 7) is 2.07. The van der Waals surface area contributed by atoms with Crippen molar-refractivity contribution in [3.05, 3.63) is 36.0 Å². The molecule has 0 N–H and O–H groups in total. The minimum Gasteiger partial charge on any atom is -0.295 e. The molecule has 0 radical (unpaired) electrons. The Hall–Kier alpha value is -1.11. The third-order valence-electron chi connectivity index (χ3n) is 2.78. The molecule has 0 spiro atoms. The van der Waals surface area contributed by atoms with E-state index in [-0.39, 0.29) is 0 Å². The van der Waals surface area contributed by atoms with Crippen LogP contribution in [0.3, 0.4) is 0 Å². The van der Waals surface area contributed by atoms with Gasteiger partial charge in [-0.3, -0.25) is 4.79 Å². The molecule has 0 aromatic heterocycles. The van der Waals surface area contributed by atoms with Crippen LogP contribution in [0, 0.1) is 0 Å². The van der Waals surface area contributed by atoms with Gasteiger partial charge in [-0.2, -0.15) is 0 Å². The van der Waals surface area contributed by atoms with E-state index < -0.39 is 0 Å².